The average molecular weight is 398 g/mol. The minimum Gasteiger partial charge on any atom is -0.337 e. The highest BCUT2D eigenvalue weighted by atomic mass is 19.3. The van der Waals surface area contributed by atoms with E-state index >= 15 is 0 Å². The van der Waals surface area contributed by atoms with E-state index in [9.17, 15) is 18.0 Å². The fraction of sp³-hybridized carbons (Fsp3) is 0.238. The van der Waals surface area contributed by atoms with Gasteiger partial charge in [-0.05, 0) is 35.9 Å². The molecule has 0 fully saturated rings. The van der Waals surface area contributed by atoms with E-state index in [0.717, 1.165) is 11.6 Å². The summed E-state index contributed by atoms with van der Waals surface area (Å²) in [6, 6.07) is 6.71. The van der Waals surface area contributed by atoms with Crippen LogP contribution in [0.1, 0.15) is 52.0 Å². The number of benzene rings is 1. The smallest absolute Gasteiger partial charge is 0.263 e. The van der Waals surface area contributed by atoms with E-state index in [4.69, 9.17) is 0 Å². The van der Waals surface area contributed by atoms with Gasteiger partial charge in [0.1, 0.15) is 12.1 Å². The molecule has 0 saturated heterocycles. The van der Waals surface area contributed by atoms with E-state index in [1.807, 2.05) is 0 Å². The molecule has 8 heteroatoms. The van der Waals surface area contributed by atoms with Crippen molar-refractivity contribution < 1.29 is 18.0 Å². The van der Waals surface area contributed by atoms with Crippen LogP contribution in [0.25, 0.3) is 11.4 Å². The van der Waals surface area contributed by atoms with E-state index in [2.05, 4.69) is 15.0 Å². The van der Waals surface area contributed by atoms with Crippen molar-refractivity contribution in [2.45, 2.75) is 25.8 Å². The van der Waals surface area contributed by atoms with Crippen molar-refractivity contribution in [1.82, 2.24) is 19.9 Å². The molecule has 1 aliphatic rings. The number of amides is 1. The third kappa shape index (κ3) is 3.46. The van der Waals surface area contributed by atoms with E-state index in [-0.39, 0.29) is 11.5 Å². The first kappa shape index (κ1) is 19.0. The third-order valence-corrected chi connectivity index (χ3v) is 5.10. The van der Waals surface area contributed by atoms with Crippen molar-refractivity contribution in [3.63, 3.8) is 0 Å². The summed E-state index contributed by atoms with van der Waals surface area (Å²) in [5.41, 5.74) is 3.02. The van der Waals surface area contributed by atoms with Crippen LogP contribution in [0.15, 0.2) is 42.9 Å². The number of pyridine rings is 1. The van der Waals surface area contributed by atoms with Gasteiger partial charge in [0.15, 0.2) is 0 Å². The van der Waals surface area contributed by atoms with Crippen molar-refractivity contribution in [1.29, 1.82) is 0 Å². The molecule has 0 N–H and O–H groups in total. The first-order valence-electron chi connectivity index (χ1n) is 8.99. The summed E-state index contributed by atoms with van der Waals surface area (Å²) < 4.78 is 39.9. The molecule has 1 amide bonds. The summed E-state index contributed by atoms with van der Waals surface area (Å²) in [4.78, 5) is 26.7. The average Bonchev–Trinajstić information content (AvgIpc) is 3.01. The van der Waals surface area contributed by atoms with Gasteiger partial charge in [-0.2, -0.15) is 0 Å². The highest BCUT2D eigenvalue weighted by molar-refractivity contribution is 5.99. The first-order chi connectivity index (χ1) is 13.8. The molecule has 0 spiro atoms. The largest absolute Gasteiger partial charge is 0.337 e. The second-order valence-electron chi connectivity index (χ2n) is 7.02. The van der Waals surface area contributed by atoms with Gasteiger partial charge in [-0.25, -0.2) is 23.1 Å². The van der Waals surface area contributed by atoms with Crippen molar-refractivity contribution >= 4 is 5.91 Å². The zero-order valence-corrected chi connectivity index (χ0v) is 15.7. The number of carbonyl (C=O) groups excluding carboxylic acids is 1. The van der Waals surface area contributed by atoms with Gasteiger partial charge in [0.2, 0.25) is 0 Å². The predicted molar refractivity (Wildman–Crippen MR) is 99.9 cm³/mol. The lowest BCUT2D eigenvalue weighted by molar-refractivity contribution is 0.0816. The number of carbonyl (C=O) groups is 1. The maximum atomic E-state index is 13.8. The lowest BCUT2D eigenvalue weighted by Gasteiger charge is -2.14. The fourth-order valence-corrected chi connectivity index (χ4v) is 3.51. The van der Waals surface area contributed by atoms with Crippen LogP contribution in [0.3, 0.4) is 0 Å². The molecule has 1 aromatic carbocycles. The van der Waals surface area contributed by atoms with Crippen LogP contribution in [0.4, 0.5) is 13.2 Å². The molecular formula is C21H17F3N4O. The number of halogens is 3. The summed E-state index contributed by atoms with van der Waals surface area (Å²) in [5, 5.41) is 0. The lowest BCUT2D eigenvalue weighted by Crippen LogP contribution is -2.17. The number of fused-ring (bicyclic) bond motifs is 1. The minimum atomic E-state index is -2.76. The van der Waals surface area contributed by atoms with Gasteiger partial charge in [-0.3, -0.25) is 9.78 Å². The molecule has 3 heterocycles. The molecule has 0 saturated carbocycles. The summed E-state index contributed by atoms with van der Waals surface area (Å²) in [5.74, 6) is -1.24. The van der Waals surface area contributed by atoms with E-state index in [1.54, 1.807) is 37.2 Å². The van der Waals surface area contributed by atoms with E-state index in [1.165, 1.54) is 18.5 Å². The Bertz CT molecular complexity index is 1100. The van der Waals surface area contributed by atoms with Gasteiger partial charge >= 0.3 is 0 Å². The molecule has 1 aliphatic heterocycles. The molecule has 29 heavy (non-hydrogen) atoms. The van der Waals surface area contributed by atoms with Gasteiger partial charge in [-0.1, -0.05) is 6.92 Å². The predicted octanol–water partition coefficient (Wildman–Crippen LogP) is 4.35. The van der Waals surface area contributed by atoms with Crippen LogP contribution < -0.4 is 0 Å². The Morgan fingerprint density at radius 1 is 1.07 bits per heavy atom. The molecule has 1 unspecified atom stereocenters. The summed E-state index contributed by atoms with van der Waals surface area (Å²) >= 11 is 0. The van der Waals surface area contributed by atoms with Crippen LogP contribution >= 0.6 is 0 Å². The highest BCUT2D eigenvalue weighted by Gasteiger charge is 2.28. The number of alkyl halides is 2. The Morgan fingerprint density at radius 2 is 1.83 bits per heavy atom. The molecule has 0 bridgehead atoms. The number of hydrogen-bond acceptors (Lipinski definition) is 4. The van der Waals surface area contributed by atoms with Crippen LogP contribution in [-0.4, -0.2) is 32.8 Å². The quantitative estimate of drug-likeness (QED) is 0.656. The van der Waals surface area contributed by atoms with Gasteiger partial charge in [0.25, 0.3) is 12.3 Å². The van der Waals surface area contributed by atoms with Crippen molar-refractivity contribution in [3.8, 4) is 11.4 Å². The van der Waals surface area contributed by atoms with E-state index < -0.39 is 18.2 Å². The Morgan fingerprint density at radius 3 is 2.59 bits per heavy atom. The number of hydrogen-bond donors (Lipinski definition) is 0. The Kier molecular flexibility index (Phi) is 4.77. The highest BCUT2D eigenvalue weighted by Crippen LogP contribution is 2.32. The second-order valence-corrected chi connectivity index (χ2v) is 7.02. The molecule has 0 radical (unpaired) electrons. The van der Waals surface area contributed by atoms with E-state index in [0.29, 0.717) is 34.8 Å². The summed E-state index contributed by atoms with van der Waals surface area (Å²) in [6.07, 6.45) is 0.150. The molecule has 148 valence electrons. The topological polar surface area (TPSA) is 59.0 Å². The monoisotopic (exact) mass is 398 g/mol. The van der Waals surface area contributed by atoms with Crippen molar-refractivity contribution in [2.75, 3.05) is 7.05 Å². The number of rotatable bonds is 4. The molecule has 2 aromatic heterocycles. The fourth-order valence-electron chi connectivity index (χ4n) is 3.51. The lowest BCUT2D eigenvalue weighted by atomic mass is 9.94. The van der Waals surface area contributed by atoms with Gasteiger partial charge < -0.3 is 4.90 Å². The zero-order valence-electron chi connectivity index (χ0n) is 15.7. The van der Waals surface area contributed by atoms with Crippen molar-refractivity contribution in [2.24, 2.45) is 0 Å². The molecule has 3 aromatic rings. The van der Waals surface area contributed by atoms with Gasteiger partial charge in [0.05, 0.1) is 17.1 Å². The van der Waals surface area contributed by atoms with Crippen LogP contribution in [0.2, 0.25) is 0 Å². The summed E-state index contributed by atoms with van der Waals surface area (Å²) in [6.45, 7) is 2.18. The van der Waals surface area contributed by atoms with Crippen LogP contribution in [0, 0.1) is 5.82 Å². The normalized spacial score (nSPS) is 14.4. The van der Waals surface area contributed by atoms with Gasteiger partial charge in [-0.15, -0.1) is 0 Å². The SMILES string of the molecule is CC(c1cc(F)cc(C(F)F)c1)c1cc(-c2nccc3c2CN(C)C3=O)ncn1. The van der Waals surface area contributed by atoms with Crippen LogP contribution in [0.5, 0.6) is 0 Å². The molecule has 0 aliphatic carbocycles. The Labute approximate surface area is 165 Å². The zero-order chi connectivity index (χ0) is 20.7. The minimum absolute atomic E-state index is 0.0782. The number of aromatic nitrogens is 3. The maximum absolute atomic E-state index is 13.8. The molecule has 5 nitrogen and oxygen atoms in total. The van der Waals surface area contributed by atoms with Gasteiger partial charge in [0, 0.05) is 42.4 Å². The molecular weight excluding hydrogens is 381 g/mol. The number of nitrogens with zero attached hydrogens (tertiary/aromatic N) is 4. The summed E-state index contributed by atoms with van der Waals surface area (Å²) in [7, 11) is 1.71. The Hall–Kier alpha value is -3.29. The maximum Gasteiger partial charge on any atom is 0.263 e. The molecule has 1 atom stereocenters. The third-order valence-electron chi connectivity index (χ3n) is 5.10. The standard InChI is InChI=1S/C21H17F3N4O/c1-11(12-5-13(20(23)24)7-14(22)6-12)17-8-18(27-10-26-17)19-16-9-28(2)21(29)15(16)3-4-25-19/h3-8,10-11,20H,9H2,1-2H3. The first-order valence-corrected chi connectivity index (χ1v) is 8.99. The second kappa shape index (κ2) is 7.27. The molecule has 4 rings (SSSR count). The van der Waals surface area contributed by atoms with Crippen LogP contribution in [-0.2, 0) is 6.54 Å². The Balaban J connectivity index is 1.74. The van der Waals surface area contributed by atoms with Crippen molar-refractivity contribution in [3.05, 3.63) is 76.6 Å².